The lowest BCUT2D eigenvalue weighted by Gasteiger charge is -2.20. The van der Waals surface area contributed by atoms with Gasteiger partial charge in [-0.25, -0.2) is 0 Å². The van der Waals surface area contributed by atoms with Crippen LogP contribution in [0.25, 0.3) is 64.6 Å². The zero-order chi connectivity index (χ0) is 30.5. The average Bonchev–Trinajstić information content (AvgIpc) is 3.11. The maximum Gasteiger partial charge on any atom is 0.864 e. The van der Waals surface area contributed by atoms with Gasteiger partial charge in [0.15, 0.2) is 0 Å². The SMILES string of the molecule is c1ccc2c(c1)ccc1cccc(OB(Oc3cccc4ccc5ccccc5c34)Oc3cccc4ccc5ccccc5c34)c12. The molecule has 0 bridgehead atoms. The first-order chi connectivity index (χ1) is 22.8. The van der Waals surface area contributed by atoms with Crippen molar-refractivity contribution in [1.82, 2.24) is 0 Å². The molecular weight excluding hydrogens is 563 g/mol. The van der Waals surface area contributed by atoms with Gasteiger partial charge in [-0.05, 0) is 66.7 Å². The van der Waals surface area contributed by atoms with Crippen molar-refractivity contribution in [2.24, 2.45) is 0 Å². The molecule has 0 heterocycles. The normalized spacial score (nSPS) is 11.5. The van der Waals surface area contributed by atoms with E-state index in [-0.39, 0.29) is 0 Å². The van der Waals surface area contributed by atoms with Crippen LogP contribution in [0.2, 0.25) is 0 Å². The molecule has 9 aromatic rings. The van der Waals surface area contributed by atoms with Gasteiger partial charge in [0.25, 0.3) is 0 Å². The summed E-state index contributed by atoms with van der Waals surface area (Å²) in [4.78, 5) is 0. The minimum absolute atomic E-state index is 0.689. The van der Waals surface area contributed by atoms with Crippen molar-refractivity contribution < 1.29 is 14.0 Å². The smallest absolute Gasteiger partial charge is 0.489 e. The fourth-order valence-electron chi connectivity index (χ4n) is 6.75. The van der Waals surface area contributed by atoms with Crippen LogP contribution in [0.5, 0.6) is 17.2 Å². The molecule has 0 N–H and O–H groups in total. The largest absolute Gasteiger partial charge is 0.864 e. The predicted octanol–water partition coefficient (Wildman–Crippen LogP) is 11.1. The number of hydrogen-bond donors (Lipinski definition) is 0. The van der Waals surface area contributed by atoms with Crippen molar-refractivity contribution in [3.8, 4) is 17.2 Å². The fraction of sp³-hybridized carbons (Fsp3) is 0. The molecule has 9 rings (SSSR count). The maximum atomic E-state index is 6.82. The standard InChI is InChI=1S/C42H27BO3/c1-4-16-34-28(10-1)22-25-31-13-7-19-37(40(31)34)44-43(45-38-20-8-14-32-26-23-29-11-2-5-17-35(29)41(32)38)46-39-21-9-15-33-27-24-30-12-3-6-18-36(30)42(33)39/h1-27H. The molecule has 0 aromatic heterocycles. The van der Waals surface area contributed by atoms with E-state index in [0.29, 0.717) is 17.2 Å². The zero-order valence-electron chi connectivity index (χ0n) is 24.9. The van der Waals surface area contributed by atoms with E-state index >= 15 is 0 Å². The second kappa shape index (κ2) is 10.9. The van der Waals surface area contributed by atoms with Gasteiger partial charge in [-0.3, -0.25) is 0 Å². The van der Waals surface area contributed by atoms with E-state index in [1.54, 1.807) is 0 Å². The molecular formula is C42H27BO3. The fourth-order valence-corrected chi connectivity index (χ4v) is 6.75. The Hall–Kier alpha value is -6.00. The first kappa shape index (κ1) is 26.4. The Morgan fingerprint density at radius 1 is 0.261 bits per heavy atom. The molecule has 0 aliphatic rings. The molecule has 4 heteroatoms. The molecule has 0 aliphatic carbocycles. The molecule has 0 spiro atoms. The average molecular weight is 590 g/mol. The van der Waals surface area contributed by atoms with Gasteiger partial charge in [0.2, 0.25) is 0 Å². The summed E-state index contributed by atoms with van der Waals surface area (Å²) < 4.78 is 20.5. The Labute approximate surface area is 266 Å². The van der Waals surface area contributed by atoms with E-state index in [2.05, 4.69) is 127 Å². The summed E-state index contributed by atoms with van der Waals surface area (Å²) in [5.74, 6) is 2.07. The summed E-state index contributed by atoms with van der Waals surface area (Å²) in [5, 5.41) is 13.1. The zero-order valence-corrected chi connectivity index (χ0v) is 24.9. The van der Waals surface area contributed by atoms with Crippen molar-refractivity contribution in [3.05, 3.63) is 164 Å². The molecule has 0 fully saturated rings. The van der Waals surface area contributed by atoms with Crippen molar-refractivity contribution in [2.75, 3.05) is 0 Å². The third-order valence-electron chi connectivity index (χ3n) is 8.86. The van der Waals surface area contributed by atoms with Gasteiger partial charge in [-0.2, -0.15) is 0 Å². The quantitative estimate of drug-likeness (QED) is 0.142. The molecule has 0 aliphatic heterocycles. The van der Waals surface area contributed by atoms with Crippen LogP contribution < -0.4 is 14.0 Å². The van der Waals surface area contributed by atoms with E-state index < -0.39 is 7.32 Å². The summed E-state index contributed by atoms with van der Waals surface area (Å²) in [6, 6.07) is 56.3. The summed E-state index contributed by atoms with van der Waals surface area (Å²) in [7, 11) is -1.10. The van der Waals surface area contributed by atoms with Crippen molar-refractivity contribution in [2.45, 2.75) is 0 Å². The molecule has 46 heavy (non-hydrogen) atoms. The summed E-state index contributed by atoms with van der Waals surface area (Å²) in [5.41, 5.74) is 0. The summed E-state index contributed by atoms with van der Waals surface area (Å²) >= 11 is 0. The van der Waals surface area contributed by atoms with Gasteiger partial charge in [0, 0.05) is 16.2 Å². The number of rotatable bonds is 6. The van der Waals surface area contributed by atoms with Crippen LogP contribution in [-0.4, -0.2) is 7.32 Å². The summed E-state index contributed by atoms with van der Waals surface area (Å²) in [6.07, 6.45) is 0. The van der Waals surface area contributed by atoms with Gasteiger partial charge in [0.05, 0.1) is 0 Å². The highest BCUT2D eigenvalue weighted by atomic mass is 16.7. The second-order valence-electron chi connectivity index (χ2n) is 11.6. The molecule has 216 valence electrons. The number of hydrogen-bond acceptors (Lipinski definition) is 3. The highest BCUT2D eigenvalue weighted by Gasteiger charge is 2.33. The van der Waals surface area contributed by atoms with Gasteiger partial charge in [0.1, 0.15) is 17.2 Å². The van der Waals surface area contributed by atoms with Crippen molar-refractivity contribution >= 4 is 72.0 Å². The molecule has 0 saturated heterocycles. The topological polar surface area (TPSA) is 27.7 Å². The second-order valence-corrected chi connectivity index (χ2v) is 11.6. The predicted molar refractivity (Wildman–Crippen MR) is 192 cm³/mol. The maximum absolute atomic E-state index is 6.82. The Bertz CT molecular complexity index is 2310. The van der Waals surface area contributed by atoms with Gasteiger partial charge < -0.3 is 14.0 Å². The molecule has 0 amide bonds. The lowest BCUT2D eigenvalue weighted by atomic mass is 9.99. The minimum Gasteiger partial charge on any atom is -0.489 e. The Balaban J connectivity index is 1.23. The van der Waals surface area contributed by atoms with Gasteiger partial charge in [-0.1, -0.05) is 146 Å². The lowest BCUT2D eigenvalue weighted by Crippen LogP contribution is -2.37. The van der Waals surface area contributed by atoms with Crippen molar-refractivity contribution in [1.29, 1.82) is 0 Å². The highest BCUT2D eigenvalue weighted by molar-refractivity contribution is 6.41. The Morgan fingerprint density at radius 2 is 0.543 bits per heavy atom. The Morgan fingerprint density at radius 3 is 0.891 bits per heavy atom. The monoisotopic (exact) mass is 590 g/mol. The molecule has 0 radical (unpaired) electrons. The molecule has 0 saturated carbocycles. The molecule has 3 nitrogen and oxygen atoms in total. The highest BCUT2D eigenvalue weighted by Crippen LogP contribution is 2.38. The molecule has 0 unspecified atom stereocenters. The van der Waals surface area contributed by atoms with E-state index in [1.807, 2.05) is 36.4 Å². The molecule has 9 aromatic carbocycles. The molecule has 0 atom stereocenters. The van der Waals surface area contributed by atoms with E-state index in [0.717, 1.165) is 64.6 Å². The van der Waals surface area contributed by atoms with Crippen molar-refractivity contribution in [3.63, 3.8) is 0 Å². The first-order valence-electron chi connectivity index (χ1n) is 15.5. The van der Waals surface area contributed by atoms with Crippen LogP contribution in [0.3, 0.4) is 0 Å². The van der Waals surface area contributed by atoms with Crippen LogP contribution in [-0.2, 0) is 0 Å². The lowest BCUT2D eigenvalue weighted by molar-refractivity contribution is 0.312. The van der Waals surface area contributed by atoms with E-state index in [1.165, 1.54) is 0 Å². The van der Waals surface area contributed by atoms with Gasteiger partial charge in [-0.15, -0.1) is 0 Å². The third-order valence-corrected chi connectivity index (χ3v) is 8.86. The Kier molecular flexibility index (Phi) is 6.24. The van der Waals surface area contributed by atoms with Crippen LogP contribution in [0.4, 0.5) is 0 Å². The minimum atomic E-state index is -1.10. The van der Waals surface area contributed by atoms with Crippen LogP contribution >= 0.6 is 0 Å². The number of benzene rings is 9. The van der Waals surface area contributed by atoms with Gasteiger partial charge >= 0.3 is 7.32 Å². The van der Waals surface area contributed by atoms with Crippen LogP contribution in [0.1, 0.15) is 0 Å². The number of fused-ring (bicyclic) bond motifs is 9. The van der Waals surface area contributed by atoms with E-state index in [4.69, 9.17) is 14.0 Å². The van der Waals surface area contributed by atoms with E-state index in [9.17, 15) is 0 Å². The van der Waals surface area contributed by atoms with Crippen LogP contribution in [0, 0.1) is 0 Å². The summed E-state index contributed by atoms with van der Waals surface area (Å²) in [6.45, 7) is 0. The van der Waals surface area contributed by atoms with Crippen LogP contribution in [0.15, 0.2) is 164 Å². The first-order valence-corrected chi connectivity index (χ1v) is 15.5. The third kappa shape index (κ3) is 4.46.